The Hall–Kier alpha value is -2.08. The summed E-state index contributed by atoms with van der Waals surface area (Å²) in [5, 5.41) is 3.38. The van der Waals surface area contributed by atoms with E-state index >= 15 is 0 Å². The first-order valence-corrected chi connectivity index (χ1v) is 7.26. The fraction of sp³-hybridized carbons (Fsp3) is 0.467. The molecular weight excluding hydrogens is 270 g/mol. The molecule has 1 aromatic carbocycles. The fourth-order valence-corrected chi connectivity index (χ4v) is 2.53. The first-order valence-electron chi connectivity index (χ1n) is 7.26. The second kappa shape index (κ2) is 6.13. The number of hydrogen-bond acceptors (Lipinski definition) is 5. The lowest BCUT2D eigenvalue weighted by molar-refractivity contribution is 0.115. The molecular formula is C15H19N3O3. The van der Waals surface area contributed by atoms with Gasteiger partial charge < -0.3 is 19.4 Å². The molecule has 0 bridgehead atoms. The zero-order valence-corrected chi connectivity index (χ0v) is 12.0. The molecule has 112 valence electrons. The molecule has 0 saturated carbocycles. The summed E-state index contributed by atoms with van der Waals surface area (Å²) in [6, 6.07) is 7.96. The average Bonchev–Trinajstić information content (AvgIpc) is 3.11. The van der Waals surface area contributed by atoms with Crippen molar-refractivity contribution in [3.05, 3.63) is 30.2 Å². The molecule has 6 heteroatoms. The smallest absolute Gasteiger partial charge is 0.409 e. The SMILES string of the molecule is CCOC(=O)N1CCC(NCc2nc3ccccc3o2)C1. The average molecular weight is 289 g/mol. The summed E-state index contributed by atoms with van der Waals surface area (Å²) in [4.78, 5) is 17.8. The number of nitrogens with zero attached hydrogens (tertiary/aromatic N) is 2. The van der Waals surface area contributed by atoms with Gasteiger partial charge in [-0.15, -0.1) is 0 Å². The molecule has 1 aliphatic rings. The minimum absolute atomic E-state index is 0.233. The molecule has 1 unspecified atom stereocenters. The predicted octanol–water partition coefficient (Wildman–Crippen LogP) is 2.15. The van der Waals surface area contributed by atoms with Crippen molar-refractivity contribution in [2.45, 2.75) is 25.9 Å². The summed E-state index contributed by atoms with van der Waals surface area (Å²) in [6.07, 6.45) is 0.683. The third-order valence-corrected chi connectivity index (χ3v) is 3.59. The maximum absolute atomic E-state index is 11.6. The lowest BCUT2D eigenvalue weighted by atomic mass is 10.2. The Labute approximate surface area is 123 Å². The van der Waals surface area contributed by atoms with E-state index in [1.165, 1.54) is 0 Å². The minimum Gasteiger partial charge on any atom is -0.450 e. The summed E-state index contributed by atoms with van der Waals surface area (Å²) in [7, 11) is 0. The van der Waals surface area contributed by atoms with Crippen LogP contribution in [0.1, 0.15) is 19.2 Å². The number of para-hydroxylation sites is 2. The monoisotopic (exact) mass is 289 g/mol. The molecule has 0 radical (unpaired) electrons. The van der Waals surface area contributed by atoms with Crippen molar-refractivity contribution >= 4 is 17.2 Å². The van der Waals surface area contributed by atoms with Gasteiger partial charge in [0.1, 0.15) is 5.52 Å². The number of ether oxygens (including phenoxy) is 1. The van der Waals surface area contributed by atoms with Crippen molar-refractivity contribution in [2.75, 3.05) is 19.7 Å². The molecule has 1 amide bonds. The van der Waals surface area contributed by atoms with E-state index in [0.29, 0.717) is 25.6 Å². The number of carbonyl (C=O) groups is 1. The van der Waals surface area contributed by atoms with E-state index in [-0.39, 0.29) is 12.1 Å². The summed E-state index contributed by atoms with van der Waals surface area (Å²) in [6.45, 7) is 4.19. The molecule has 1 atom stereocenters. The molecule has 2 heterocycles. The van der Waals surface area contributed by atoms with Gasteiger partial charge in [-0.1, -0.05) is 12.1 Å². The van der Waals surface area contributed by atoms with Crippen LogP contribution in [-0.4, -0.2) is 41.7 Å². The highest BCUT2D eigenvalue weighted by atomic mass is 16.6. The van der Waals surface area contributed by atoms with Crippen LogP contribution < -0.4 is 5.32 Å². The molecule has 1 saturated heterocycles. The van der Waals surface area contributed by atoms with E-state index in [1.54, 1.807) is 4.90 Å². The number of benzene rings is 1. The first-order chi connectivity index (χ1) is 10.3. The van der Waals surface area contributed by atoms with Gasteiger partial charge in [0.15, 0.2) is 5.58 Å². The minimum atomic E-state index is -0.233. The number of likely N-dealkylation sites (tertiary alicyclic amines) is 1. The van der Waals surface area contributed by atoms with Crippen molar-refractivity contribution < 1.29 is 13.9 Å². The molecule has 1 fully saturated rings. The molecule has 1 aliphatic heterocycles. The Morgan fingerprint density at radius 1 is 1.52 bits per heavy atom. The highest BCUT2D eigenvalue weighted by Crippen LogP contribution is 2.15. The Morgan fingerprint density at radius 3 is 3.19 bits per heavy atom. The number of carbonyl (C=O) groups excluding carboxylic acids is 1. The van der Waals surface area contributed by atoms with Crippen molar-refractivity contribution in [3.8, 4) is 0 Å². The van der Waals surface area contributed by atoms with Crippen LogP contribution in [0.15, 0.2) is 28.7 Å². The van der Waals surface area contributed by atoms with Gasteiger partial charge in [-0.05, 0) is 25.5 Å². The van der Waals surface area contributed by atoms with Gasteiger partial charge >= 0.3 is 6.09 Å². The van der Waals surface area contributed by atoms with E-state index in [1.807, 2.05) is 31.2 Å². The van der Waals surface area contributed by atoms with E-state index in [9.17, 15) is 4.79 Å². The fourth-order valence-electron chi connectivity index (χ4n) is 2.53. The van der Waals surface area contributed by atoms with Crippen molar-refractivity contribution in [3.63, 3.8) is 0 Å². The lowest BCUT2D eigenvalue weighted by Gasteiger charge is -2.15. The third-order valence-electron chi connectivity index (χ3n) is 3.59. The molecule has 1 N–H and O–H groups in total. The summed E-state index contributed by atoms with van der Waals surface area (Å²) in [5.74, 6) is 0.672. The van der Waals surface area contributed by atoms with Crippen LogP contribution in [0.2, 0.25) is 0 Å². The summed E-state index contributed by atoms with van der Waals surface area (Å²) >= 11 is 0. The largest absolute Gasteiger partial charge is 0.450 e. The molecule has 1 aromatic heterocycles. The van der Waals surface area contributed by atoms with Crippen LogP contribution in [0.25, 0.3) is 11.1 Å². The Bertz CT molecular complexity index is 592. The van der Waals surface area contributed by atoms with Gasteiger partial charge in [-0.3, -0.25) is 0 Å². The quantitative estimate of drug-likeness (QED) is 0.934. The second-order valence-corrected chi connectivity index (χ2v) is 5.09. The van der Waals surface area contributed by atoms with Crippen LogP contribution in [-0.2, 0) is 11.3 Å². The number of hydrogen-bond donors (Lipinski definition) is 1. The maximum Gasteiger partial charge on any atom is 0.409 e. The number of aromatic nitrogens is 1. The van der Waals surface area contributed by atoms with E-state index in [4.69, 9.17) is 9.15 Å². The zero-order valence-electron chi connectivity index (χ0n) is 12.0. The van der Waals surface area contributed by atoms with Crippen LogP contribution in [0, 0.1) is 0 Å². The number of oxazole rings is 1. The van der Waals surface area contributed by atoms with Crippen LogP contribution in [0.5, 0.6) is 0 Å². The van der Waals surface area contributed by atoms with E-state index in [0.717, 1.165) is 24.1 Å². The number of nitrogens with one attached hydrogen (secondary N) is 1. The van der Waals surface area contributed by atoms with Crippen molar-refractivity contribution in [1.29, 1.82) is 0 Å². The third kappa shape index (κ3) is 3.16. The van der Waals surface area contributed by atoms with Gasteiger partial charge in [0.05, 0.1) is 13.2 Å². The Morgan fingerprint density at radius 2 is 2.38 bits per heavy atom. The first kappa shape index (κ1) is 13.9. The molecule has 6 nitrogen and oxygen atoms in total. The Balaban J connectivity index is 1.53. The number of rotatable bonds is 4. The van der Waals surface area contributed by atoms with E-state index in [2.05, 4.69) is 10.3 Å². The highest BCUT2D eigenvalue weighted by Gasteiger charge is 2.26. The highest BCUT2D eigenvalue weighted by molar-refractivity contribution is 5.72. The van der Waals surface area contributed by atoms with Crippen LogP contribution in [0.4, 0.5) is 4.79 Å². The Kier molecular flexibility index (Phi) is 4.06. The zero-order chi connectivity index (χ0) is 14.7. The molecule has 3 rings (SSSR count). The lowest BCUT2D eigenvalue weighted by Crippen LogP contribution is -2.35. The van der Waals surface area contributed by atoms with Crippen LogP contribution in [0.3, 0.4) is 0 Å². The van der Waals surface area contributed by atoms with Crippen molar-refractivity contribution in [1.82, 2.24) is 15.2 Å². The maximum atomic E-state index is 11.6. The standard InChI is InChI=1S/C15H19N3O3/c1-2-20-15(19)18-8-7-11(10-18)16-9-14-17-12-5-3-4-6-13(12)21-14/h3-6,11,16H,2,7-10H2,1H3. The van der Waals surface area contributed by atoms with Gasteiger partial charge in [0, 0.05) is 19.1 Å². The normalized spacial score (nSPS) is 18.3. The summed E-state index contributed by atoms with van der Waals surface area (Å²) < 4.78 is 10.7. The van der Waals surface area contributed by atoms with E-state index < -0.39 is 0 Å². The molecule has 0 aliphatic carbocycles. The van der Waals surface area contributed by atoms with Gasteiger partial charge in [0.2, 0.25) is 5.89 Å². The van der Waals surface area contributed by atoms with Gasteiger partial charge in [0.25, 0.3) is 0 Å². The second-order valence-electron chi connectivity index (χ2n) is 5.09. The number of amides is 1. The molecule has 21 heavy (non-hydrogen) atoms. The topological polar surface area (TPSA) is 67.6 Å². The molecule has 0 spiro atoms. The summed E-state index contributed by atoms with van der Waals surface area (Å²) in [5.41, 5.74) is 1.67. The van der Waals surface area contributed by atoms with Crippen molar-refractivity contribution in [2.24, 2.45) is 0 Å². The van der Waals surface area contributed by atoms with Gasteiger partial charge in [-0.2, -0.15) is 0 Å². The molecule has 2 aromatic rings. The van der Waals surface area contributed by atoms with Crippen LogP contribution >= 0.6 is 0 Å². The van der Waals surface area contributed by atoms with Gasteiger partial charge in [-0.25, -0.2) is 9.78 Å². The predicted molar refractivity (Wildman–Crippen MR) is 77.8 cm³/mol. The number of fused-ring (bicyclic) bond motifs is 1.